The molecule has 1 unspecified atom stereocenters. The van der Waals surface area contributed by atoms with Gasteiger partial charge in [-0.05, 0) is 67.6 Å². The smallest absolute Gasteiger partial charge is 0.422 e. The van der Waals surface area contributed by atoms with Crippen molar-refractivity contribution in [2.24, 2.45) is 5.73 Å². The number of aromatic nitrogens is 1. The van der Waals surface area contributed by atoms with Crippen molar-refractivity contribution in [3.05, 3.63) is 71.9 Å². The number of nitrogens with zero attached hydrogens (tertiary/aromatic N) is 1. The fraction of sp³-hybridized carbons (Fsp3) is 0.393. The van der Waals surface area contributed by atoms with Crippen LogP contribution < -0.4 is 20.5 Å². The number of ether oxygens (including phenoxy) is 2. The van der Waals surface area contributed by atoms with Gasteiger partial charge >= 0.3 is 6.18 Å². The van der Waals surface area contributed by atoms with Crippen molar-refractivity contribution < 1.29 is 32.5 Å². The summed E-state index contributed by atoms with van der Waals surface area (Å²) in [5.74, 6) is -0.247. The average molecular weight is 534 g/mol. The highest BCUT2D eigenvalue weighted by molar-refractivity contribution is 6.05. The molecule has 2 aromatic carbocycles. The van der Waals surface area contributed by atoms with E-state index in [1.54, 1.807) is 24.3 Å². The van der Waals surface area contributed by atoms with Crippen molar-refractivity contribution in [1.82, 2.24) is 9.88 Å². The molecule has 0 spiro atoms. The van der Waals surface area contributed by atoms with Gasteiger partial charge in [-0.25, -0.2) is 0 Å². The number of aliphatic hydroxyl groups excluding tert-OH is 1. The van der Waals surface area contributed by atoms with Gasteiger partial charge in [0.25, 0.3) is 5.91 Å². The van der Waals surface area contributed by atoms with Gasteiger partial charge in [0.05, 0.1) is 11.1 Å². The quantitative estimate of drug-likeness (QED) is 0.199. The molecule has 3 aromatic rings. The maximum absolute atomic E-state index is 12.6. The molecular weight excluding hydrogens is 499 g/mol. The first-order valence-corrected chi connectivity index (χ1v) is 12.4. The van der Waals surface area contributed by atoms with Crippen LogP contribution in [-0.4, -0.2) is 54.2 Å². The Kier molecular flexibility index (Phi) is 10.2. The van der Waals surface area contributed by atoms with Gasteiger partial charge in [-0.1, -0.05) is 12.1 Å². The number of rotatable bonds is 15. The molecule has 0 saturated heterocycles. The minimum atomic E-state index is -4.45. The van der Waals surface area contributed by atoms with Crippen molar-refractivity contribution in [1.29, 1.82) is 0 Å². The number of hydrogen-bond donors (Lipinski definition) is 3. The molecule has 4 N–H and O–H groups in total. The number of carbonyl (C=O) groups is 1. The zero-order chi connectivity index (χ0) is 27.7. The molecule has 0 bridgehead atoms. The number of alkyl halides is 3. The maximum atomic E-state index is 12.6. The van der Waals surface area contributed by atoms with Gasteiger partial charge in [0.2, 0.25) is 0 Å². The lowest BCUT2D eigenvalue weighted by Gasteiger charge is -2.17. The zero-order valence-electron chi connectivity index (χ0n) is 21.4. The number of carbonyl (C=O) groups excluding carboxylic acids is 1. The van der Waals surface area contributed by atoms with Crippen LogP contribution in [0.4, 0.5) is 13.2 Å². The molecule has 0 radical (unpaired) electrons. The van der Waals surface area contributed by atoms with Crippen LogP contribution in [0.3, 0.4) is 0 Å². The van der Waals surface area contributed by atoms with Crippen molar-refractivity contribution in [2.75, 3.05) is 26.4 Å². The van der Waals surface area contributed by atoms with Crippen LogP contribution in [0, 0.1) is 0 Å². The third-order valence-electron chi connectivity index (χ3n) is 5.92. The number of halogens is 3. The van der Waals surface area contributed by atoms with E-state index >= 15 is 0 Å². The van der Waals surface area contributed by atoms with E-state index in [4.69, 9.17) is 20.3 Å². The molecule has 1 atom stereocenters. The van der Waals surface area contributed by atoms with E-state index in [2.05, 4.69) is 11.9 Å². The third-order valence-corrected chi connectivity index (χ3v) is 5.92. The maximum Gasteiger partial charge on any atom is 0.422 e. The van der Waals surface area contributed by atoms with E-state index in [1.165, 1.54) is 6.07 Å². The van der Waals surface area contributed by atoms with E-state index < -0.39 is 18.7 Å². The second kappa shape index (κ2) is 13.3. The molecule has 0 aliphatic carbocycles. The van der Waals surface area contributed by atoms with Crippen molar-refractivity contribution in [2.45, 2.75) is 44.9 Å². The van der Waals surface area contributed by atoms with Crippen LogP contribution in [-0.2, 0) is 19.4 Å². The number of nitrogens with one attached hydrogen (secondary N) is 1. The van der Waals surface area contributed by atoms with E-state index in [9.17, 15) is 18.0 Å². The molecule has 0 fully saturated rings. The average Bonchev–Trinajstić information content (AvgIpc) is 3.26. The van der Waals surface area contributed by atoms with Gasteiger partial charge in [-0.15, -0.1) is 6.58 Å². The number of aliphatic hydroxyl groups is 1. The van der Waals surface area contributed by atoms with E-state index in [-0.39, 0.29) is 30.8 Å². The Hall–Kier alpha value is -3.50. The summed E-state index contributed by atoms with van der Waals surface area (Å²) < 4.78 is 50.5. The van der Waals surface area contributed by atoms with Crippen molar-refractivity contribution >= 4 is 16.8 Å². The topological polar surface area (TPSA) is 98.7 Å². The summed E-state index contributed by atoms with van der Waals surface area (Å²) in [6.45, 7) is 5.56. The lowest BCUT2D eigenvalue weighted by molar-refractivity contribution is -0.153. The summed E-state index contributed by atoms with van der Waals surface area (Å²) in [6.07, 6.45) is 0.866. The van der Waals surface area contributed by atoms with Crippen LogP contribution in [0.1, 0.15) is 34.8 Å². The minimum Gasteiger partial charge on any atom is -0.488 e. The number of nitrogens with two attached hydrogens (primary N) is 1. The molecule has 10 heteroatoms. The number of allylic oxidation sites excluding steroid dienone is 1. The number of aryl methyl sites for hydroxylation is 1. The van der Waals surface area contributed by atoms with Gasteiger partial charge in [-0.3, -0.25) is 4.79 Å². The standard InChI is InChI=1S/C28H34F3N3O4/c1-3-5-20-6-7-24(38-18-28(29,30)31)25(17-20)37-13-9-33-19(2)14-21-15-22-8-11-34(10-4-12-35)26(22)23(16-21)27(32)36/h3,6-8,11,15-17,19,33,35H,1,4-5,9-10,12-14,18H2,2H3,(H2,32,36). The molecule has 206 valence electrons. The fourth-order valence-electron chi connectivity index (χ4n) is 4.27. The van der Waals surface area contributed by atoms with Gasteiger partial charge < -0.3 is 30.2 Å². The summed E-state index contributed by atoms with van der Waals surface area (Å²) in [7, 11) is 0. The lowest BCUT2D eigenvalue weighted by atomic mass is 10.0. The largest absolute Gasteiger partial charge is 0.488 e. The monoisotopic (exact) mass is 533 g/mol. The molecule has 1 aromatic heterocycles. The Balaban J connectivity index is 1.61. The Bertz CT molecular complexity index is 1240. The van der Waals surface area contributed by atoms with Gasteiger partial charge in [0, 0.05) is 37.3 Å². The molecule has 38 heavy (non-hydrogen) atoms. The normalized spacial score (nSPS) is 12.4. The SMILES string of the molecule is C=CCc1ccc(OCC(F)(F)F)c(OCCNC(C)Cc2cc(C(N)=O)c3c(ccn3CCCO)c2)c1. The molecule has 0 saturated carbocycles. The first-order chi connectivity index (χ1) is 18.1. The summed E-state index contributed by atoms with van der Waals surface area (Å²) in [5, 5.41) is 13.4. The molecule has 1 heterocycles. The number of hydrogen-bond acceptors (Lipinski definition) is 5. The number of amides is 1. The number of benzene rings is 2. The molecule has 0 aliphatic heterocycles. The molecule has 0 aliphatic rings. The Labute approximate surface area is 220 Å². The van der Waals surface area contributed by atoms with Crippen molar-refractivity contribution in [3.8, 4) is 11.5 Å². The predicted octanol–water partition coefficient (Wildman–Crippen LogP) is 4.39. The fourth-order valence-corrected chi connectivity index (χ4v) is 4.27. The summed E-state index contributed by atoms with van der Waals surface area (Å²) in [4.78, 5) is 12.2. The second-order valence-corrected chi connectivity index (χ2v) is 9.12. The highest BCUT2D eigenvalue weighted by atomic mass is 19.4. The van der Waals surface area contributed by atoms with Crippen LogP contribution in [0.5, 0.6) is 11.5 Å². The van der Waals surface area contributed by atoms with Crippen molar-refractivity contribution in [3.63, 3.8) is 0 Å². The number of primary amides is 1. The zero-order valence-corrected chi connectivity index (χ0v) is 21.4. The lowest BCUT2D eigenvalue weighted by Crippen LogP contribution is -2.32. The molecular formula is C28H34F3N3O4. The highest BCUT2D eigenvalue weighted by Crippen LogP contribution is 2.30. The summed E-state index contributed by atoms with van der Waals surface area (Å²) in [5.41, 5.74) is 8.64. The first kappa shape index (κ1) is 29.1. The predicted molar refractivity (Wildman–Crippen MR) is 141 cm³/mol. The first-order valence-electron chi connectivity index (χ1n) is 12.4. The molecule has 3 rings (SSSR count). The minimum absolute atomic E-state index is 0.0151. The van der Waals surface area contributed by atoms with E-state index in [1.807, 2.05) is 29.8 Å². The van der Waals surface area contributed by atoms with Gasteiger partial charge in [0.1, 0.15) is 6.61 Å². The summed E-state index contributed by atoms with van der Waals surface area (Å²) >= 11 is 0. The summed E-state index contributed by atoms with van der Waals surface area (Å²) in [6, 6.07) is 10.6. The van der Waals surface area contributed by atoms with Crippen LogP contribution in [0.15, 0.2) is 55.3 Å². The Morgan fingerprint density at radius 3 is 2.66 bits per heavy atom. The van der Waals surface area contributed by atoms with Crippen LogP contribution in [0.2, 0.25) is 0 Å². The third kappa shape index (κ3) is 8.26. The molecule has 7 nitrogen and oxygen atoms in total. The van der Waals surface area contributed by atoms with E-state index in [0.717, 1.165) is 22.0 Å². The van der Waals surface area contributed by atoms with Gasteiger partial charge in [0.15, 0.2) is 18.1 Å². The Morgan fingerprint density at radius 1 is 1.18 bits per heavy atom. The van der Waals surface area contributed by atoms with Gasteiger partial charge in [-0.2, -0.15) is 13.2 Å². The number of fused-ring (bicyclic) bond motifs is 1. The molecule has 1 amide bonds. The van der Waals surface area contributed by atoms with Crippen LogP contribution >= 0.6 is 0 Å². The Morgan fingerprint density at radius 2 is 1.97 bits per heavy atom. The van der Waals surface area contributed by atoms with Crippen LogP contribution in [0.25, 0.3) is 10.9 Å². The highest BCUT2D eigenvalue weighted by Gasteiger charge is 2.29. The second-order valence-electron chi connectivity index (χ2n) is 9.12. The van der Waals surface area contributed by atoms with E-state index in [0.29, 0.717) is 37.9 Å².